The van der Waals surface area contributed by atoms with Gasteiger partial charge in [-0.3, -0.25) is 0 Å². The molecule has 7 heteroatoms. The summed E-state index contributed by atoms with van der Waals surface area (Å²) in [5, 5.41) is 18.0. The maximum absolute atomic E-state index is 10.3. The summed E-state index contributed by atoms with van der Waals surface area (Å²) >= 11 is 0. The van der Waals surface area contributed by atoms with E-state index in [2.05, 4.69) is 0 Å². The number of aromatic hydroxyl groups is 2. The van der Waals surface area contributed by atoms with Crippen molar-refractivity contribution in [2.45, 2.75) is 5.75 Å². The molecule has 0 aromatic heterocycles. The van der Waals surface area contributed by atoms with Crippen LogP contribution >= 0.6 is 0 Å². The minimum atomic E-state index is -4.44. The molecular weight excluding hydrogens is 219 g/mol. The van der Waals surface area contributed by atoms with E-state index >= 15 is 0 Å². The smallest absolute Gasteiger partial charge is 0.748 e. The van der Waals surface area contributed by atoms with E-state index in [1.165, 1.54) is 6.07 Å². The van der Waals surface area contributed by atoms with Gasteiger partial charge in [0.05, 0.1) is 15.9 Å². The molecule has 0 radical (unpaired) electrons. The van der Waals surface area contributed by atoms with Gasteiger partial charge in [-0.2, -0.15) is 0 Å². The van der Waals surface area contributed by atoms with E-state index in [1.54, 1.807) is 0 Å². The maximum Gasteiger partial charge on any atom is 1.00 e. The van der Waals surface area contributed by atoms with E-state index in [0.717, 1.165) is 12.1 Å². The van der Waals surface area contributed by atoms with Gasteiger partial charge in [0, 0.05) is 5.56 Å². The zero-order valence-electron chi connectivity index (χ0n) is 7.47. The molecule has 0 saturated heterocycles. The Bertz CT molecular complexity index is 414. The minimum absolute atomic E-state index is 0. The standard InChI is InChI=1S/C7H8O5S.Na/c8-6-1-2-7(9)5(3-6)4-13(10,11)12;/h1-3,8-9H,4H2,(H,10,11,12);/q;+1/p-1. The third-order valence-corrected chi connectivity index (χ3v) is 2.06. The van der Waals surface area contributed by atoms with Crippen molar-refractivity contribution in [3.63, 3.8) is 0 Å². The minimum Gasteiger partial charge on any atom is -0.748 e. The molecule has 5 nitrogen and oxygen atoms in total. The van der Waals surface area contributed by atoms with Crippen molar-refractivity contribution in [3.8, 4) is 11.5 Å². The molecule has 0 fully saturated rings. The third kappa shape index (κ3) is 4.30. The Hall–Kier alpha value is -0.270. The molecule has 0 heterocycles. The van der Waals surface area contributed by atoms with Crippen LogP contribution in [0.4, 0.5) is 0 Å². The quantitative estimate of drug-likeness (QED) is 0.321. The van der Waals surface area contributed by atoms with Gasteiger partial charge in [-0.15, -0.1) is 0 Å². The van der Waals surface area contributed by atoms with Crippen molar-refractivity contribution in [1.29, 1.82) is 0 Å². The van der Waals surface area contributed by atoms with Crippen molar-refractivity contribution in [1.82, 2.24) is 0 Å². The summed E-state index contributed by atoms with van der Waals surface area (Å²) in [6, 6.07) is 3.34. The first-order valence-corrected chi connectivity index (χ1v) is 4.90. The molecule has 0 aliphatic heterocycles. The van der Waals surface area contributed by atoms with Gasteiger partial charge in [-0.05, 0) is 18.2 Å². The molecule has 14 heavy (non-hydrogen) atoms. The van der Waals surface area contributed by atoms with Crippen LogP contribution in [0.15, 0.2) is 18.2 Å². The van der Waals surface area contributed by atoms with Crippen molar-refractivity contribution in [2.24, 2.45) is 0 Å². The van der Waals surface area contributed by atoms with E-state index in [1.807, 2.05) is 0 Å². The summed E-state index contributed by atoms with van der Waals surface area (Å²) < 4.78 is 30.9. The summed E-state index contributed by atoms with van der Waals surface area (Å²) in [4.78, 5) is 0. The molecule has 0 bridgehead atoms. The first-order valence-electron chi connectivity index (χ1n) is 3.33. The topological polar surface area (TPSA) is 97.7 Å². The van der Waals surface area contributed by atoms with Gasteiger partial charge < -0.3 is 14.8 Å². The van der Waals surface area contributed by atoms with Crippen molar-refractivity contribution in [2.75, 3.05) is 0 Å². The molecule has 0 saturated carbocycles. The van der Waals surface area contributed by atoms with Gasteiger partial charge in [0.25, 0.3) is 0 Å². The monoisotopic (exact) mass is 226 g/mol. The fourth-order valence-corrected chi connectivity index (χ4v) is 1.49. The van der Waals surface area contributed by atoms with Gasteiger partial charge in [0.15, 0.2) is 0 Å². The molecule has 1 rings (SSSR count). The molecule has 1 aromatic carbocycles. The number of hydrogen-bond donors (Lipinski definition) is 2. The summed E-state index contributed by atoms with van der Waals surface area (Å²) in [5.74, 6) is -1.35. The van der Waals surface area contributed by atoms with Crippen LogP contribution in [0.5, 0.6) is 11.5 Å². The number of hydrogen-bond acceptors (Lipinski definition) is 5. The normalized spacial score (nSPS) is 10.6. The predicted molar refractivity (Wildman–Crippen MR) is 43.2 cm³/mol. The van der Waals surface area contributed by atoms with Crippen molar-refractivity contribution < 1.29 is 52.7 Å². The van der Waals surface area contributed by atoms with Crippen molar-refractivity contribution in [3.05, 3.63) is 23.8 Å². The van der Waals surface area contributed by atoms with E-state index in [9.17, 15) is 13.0 Å². The molecule has 0 unspecified atom stereocenters. The Labute approximate surface area is 103 Å². The van der Waals surface area contributed by atoms with Crippen LogP contribution in [0.2, 0.25) is 0 Å². The molecule has 0 aliphatic rings. The van der Waals surface area contributed by atoms with Crippen LogP contribution in [0.1, 0.15) is 5.56 Å². The fourth-order valence-electron chi connectivity index (χ4n) is 0.878. The summed E-state index contributed by atoms with van der Waals surface area (Å²) in [6.45, 7) is 0. The van der Waals surface area contributed by atoms with Crippen LogP contribution in [-0.2, 0) is 15.9 Å². The van der Waals surface area contributed by atoms with E-state index < -0.39 is 15.9 Å². The Morgan fingerprint density at radius 1 is 1.29 bits per heavy atom. The molecule has 1 aromatic rings. The second kappa shape index (κ2) is 4.99. The first kappa shape index (κ1) is 13.7. The molecule has 0 atom stereocenters. The van der Waals surface area contributed by atoms with Gasteiger partial charge in [-0.25, -0.2) is 8.42 Å². The number of phenolic OH excluding ortho intramolecular Hbond substituents is 2. The van der Waals surface area contributed by atoms with Gasteiger partial charge in [0.1, 0.15) is 11.5 Å². The van der Waals surface area contributed by atoms with E-state index in [-0.39, 0.29) is 46.6 Å². The second-order valence-electron chi connectivity index (χ2n) is 2.52. The van der Waals surface area contributed by atoms with Gasteiger partial charge in [-0.1, -0.05) is 0 Å². The molecular formula is C7H7NaO5S. The first-order chi connectivity index (χ1) is 5.88. The van der Waals surface area contributed by atoms with Crippen LogP contribution in [0.25, 0.3) is 0 Å². The van der Waals surface area contributed by atoms with Crippen LogP contribution < -0.4 is 29.6 Å². The second-order valence-corrected chi connectivity index (χ2v) is 3.92. The average Bonchev–Trinajstić information content (AvgIpc) is 1.94. The van der Waals surface area contributed by atoms with Crippen LogP contribution in [0.3, 0.4) is 0 Å². The largest absolute Gasteiger partial charge is 1.00 e. The summed E-state index contributed by atoms with van der Waals surface area (Å²) in [5.41, 5.74) is -0.102. The summed E-state index contributed by atoms with van der Waals surface area (Å²) in [7, 11) is -4.44. The zero-order valence-corrected chi connectivity index (χ0v) is 10.3. The fraction of sp³-hybridized carbons (Fsp3) is 0.143. The van der Waals surface area contributed by atoms with Crippen molar-refractivity contribution >= 4 is 10.1 Å². The number of phenols is 2. The van der Waals surface area contributed by atoms with Crippen LogP contribution in [0, 0.1) is 0 Å². The van der Waals surface area contributed by atoms with Gasteiger partial charge >= 0.3 is 29.6 Å². The predicted octanol–water partition coefficient (Wildman–Crippen LogP) is -2.85. The number of benzene rings is 1. The molecule has 0 spiro atoms. The summed E-state index contributed by atoms with van der Waals surface area (Å²) in [6.07, 6.45) is 0. The zero-order chi connectivity index (χ0) is 10.1. The molecule has 72 valence electrons. The van der Waals surface area contributed by atoms with Gasteiger partial charge in [0.2, 0.25) is 0 Å². The third-order valence-electron chi connectivity index (χ3n) is 1.40. The SMILES string of the molecule is O=S(=O)([O-])Cc1cc(O)ccc1O.[Na+]. The molecule has 0 amide bonds. The Morgan fingerprint density at radius 2 is 1.86 bits per heavy atom. The Kier molecular flexibility index (Phi) is 4.90. The van der Waals surface area contributed by atoms with E-state index in [4.69, 9.17) is 10.2 Å². The Morgan fingerprint density at radius 3 is 2.36 bits per heavy atom. The van der Waals surface area contributed by atoms with Crippen LogP contribution in [-0.4, -0.2) is 23.2 Å². The average molecular weight is 226 g/mol. The molecule has 2 N–H and O–H groups in total. The van der Waals surface area contributed by atoms with E-state index in [0.29, 0.717) is 0 Å². The Balaban J connectivity index is 0.00000169. The maximum atomic E-state index is 10.3. The molecule has 0 aliphatic carbocycles. The number of rotatable bonds is 2.